The molecule has 1 heterocycles. The molecule has 0 aromatic carbocycles. The van der Waals surface area contributed by atoms with Gasteiger partial charge in [0.05, 0.1) is 18.3 Å². The van der Waals surface area contributed by atoms with Crippen molar-refractivity contribution in [2.45, 2.75) is 13.5 Å². The van der Waals surface area contributed by atoms with E-state index in [1.54, 1.807) is 6.33 Å². The van der Waals surface area contributed by atoms with E-state index in [9.17, 15) is 0 Å². The zero-order chi connectivity index (χ0) is 9.14. The zero-order valence-corrected chi connectivity index (χ0v) is 10.8. The van der Waals surface area contributed by atoms with E-state index in [2.05, 4.69) is 56.2 Å². The van der Waals surface area contributed by atoms with E-state index in [1.165, 1.54) is 0 Å². The first-order chi connectivity index (χ1) is 5.65. The van der Waals surface area contributed by atoms with Crippen molar-refractivity contribution in [3.63, 3.8) is 0 Å². The summed E-state index contributed by atoms with van der Waals surface area (Å²) in [4.78, 5) is 4.14. The second-order valence-electron chi connectivity index (χ2n) is 2.51. The summed E-state index contributed by atoms with van der Waals surface area (Å²) in [5.41, 5.74) is 0. The highest BCUT2D eigenvalue weighted by Gasteiger charge is 2.07. The average molecular weight is 387 g/mol. The Morgan fingerprint density at radius 1 is 1.75 bits per heavy atom. The number of hydrogen-bond donors (Lipinski definition) is 0. The summed E-state index contributed by atoms with van der Waals surface area (Å²) in [6.45, 7) is 2.63. The van der Waals surface area contributed by atoms with Crippen molar-refractivity contribution in [1.29, 1.82) is 5.26 Å². The predicted molar refractivity (Wildman–Crippen MR) is 62.4 cm³/mol. The van der Waals surface area contributed by atoms with Crippen LogP contribution in [-0.4, -0.2) is 9.55 Å². The van der Waals surface area contributed by atoms with Crippen LogP contribution in [0.2, 0.25) is 0 Å². The fourth-order valence-corrected chi connectivity index (χ4v) is 1.70. The summed E-state index contributed by atoms with van der Waals surface area (Å²) in [6, 6.07) is 2.20. The van der Waals surface area contributed by atoms with Gasteiger partial charge >= 0.3 is 0 Å². The molecule has 0 aliphatic rings. The third kappa shape index (κ3) is 2.32. The smallest absolute Gasteiger partial charge is 0.132 e. The molecule has 0 N–H and O–H groups in total. The number of rotatable bonds is 2. The van der Waals surface area contributed by atoms with Crippen LogP contribution >= 0.6 is 45.2 Å². The van der Waals surface area contributed by atoms with Crippen molar-refractivity contribution in [3.05, 3.63) is 13.7 Å². The molecule has 0 bridgehead atoms. The van der Waals surface area contributed by atoms with Crippen molar-refractivity contribution < 1.29 is 0 Å². The summed E-state index contributed by atoms with van der Waals surface area (Å²) < 4.78 is 4.10. The molecule has 1 rings (SSSR count). The van der Waals surface area contributed by atoms with Gasteiger partial charge in [0.25, 0.3) is 0 Å². The number of halogens is 2. The number of imidazole rings is 1. The maximum absolute atomic E-state index is 8.61. The molecule has 0 amide bonds. The molecule has 64 valence electrons. The molecular weight excluding hydrogens is 380 g/mol. The van der Waals surface area contributed by atoms with Gasteiger partial charge in [-0.1, -0.05) is 0 Å². The average Bonchev–Trinajstić information content (AvgIpc) is 2.36. The quantitative estimate of drug-likeness (QED) is 0.731. The summed E-state index contributed by atoms with van der Waals surface area (Å²) in [5, 5.41) is 8.61. The van der Waals surface area contributed by atoms with Crippen molar-refractivity contribution in [1.82, 2.24) is 9.55 Å². The Hall–Kier alpha value is 0.160. The van der Waals surface area contributed by atoms with Crippen LogP contribution < -0.4 is 0 Å². The van der Waals surface area contributed by atoms with Crippen LogP contribution in [0.25, 0.3) is 0 Å². The van der Waals surface area contributed by atoms with Gasteiger partial charge in [-0.2, -0.15) is 5.26 Å². The predicted octanol–water partition coefficient (Wildman–Crippen LogP) is 2.25. The fourth-order valence-electron chi connectivity index (χ4n) is 0.806. The normalized spacial score (nSPS) is 12.5. The molecule has 1 aromatic rings. The SMILES string of the molecule is CC(C#N)Cn1cnc(I)c1I. The van der Waals surface area contributed by atoms with E-state index in [0.29, 0.717) is 0 Å². The van der Waals surface area contributed by atoms with Crippen LogP contribution in [0.1, 0.15) is 6.92 Å². The fraction of sp³-hybridized carbons (Fsp3) is 0.429. The molecule has 0 aliphatic heterocycles. The molecule has 0 radical (unpaired) electrons. The van der Waals surface area contributed by atoms with Crippen LogP contribution in [0.4, 0.5) is 0 Å². The maximum atomic E-state index is 8.61. The monoisotopic (exact) mass is 387 g/mol. The van der Waals surface area contributed by atoms with E-state index in [4.69, 9.17) is 5.26 Å². The Bertz CT molecular complexity index is 313. The minimum absolute atomic E-state index is 0.0449. The number of nitriles is 1. The van der Waals surface area contributed by atoms with Crippen LogP contribution in [0.3, 0.4) is 0 Å². The lowest BCUT2D eigenvalue weighted by Crippen LogP contribution is -2.06. The standard InChI is InChI=1S/C7H7I2N3/c1-5(2-10)3-12-4-11-6(8)7(12)9/h4-5H,3H2,1H3. The highest BCUT2D eigenvalue weighted by atomic mass is 127. The van der Waals surface area contributed by atoms with Gasteiger partial charge in [-0.15, -0.1) is 0 Å². The summed E-state index contributed by atoms with van der Waals surface area (Å²) in [5.74, 6) is 0.0449. The van der Waals surface area contributed by atoms with E-state index < -0.39 is 0 Å². The summed E-state index contributed by atoms with van der Waals surface area (Å²) in [7, 11) is 0. The summed E-state index contributed by atoms with van der Waals surface area (Å²) >= 11 is 4.41. The first-order valence-electron chi connectivity index (χ1n) is 3.41. The van der Waals surface area contributed by atoms with Crippen LogP contribution in [0.5, 0.6) is 0 Å². The number of nitrogens with zero attached hydrogens (tertiary/aromatic N) is 3. The van der Waals surface area contributed by atoms with Crippen LogP contribution in [0.15, 0.2) is 6.33 Å². The molecule has 1 unspecified atom stereocenters. The molecule has 1 aromatic heterocycles. The van der Waals surface area contributed by atoms with Gasteiger partial charge in [0.2, 0.25) is 0 Å². The van der Waals surface area contributed by atoms with E-state index in [1.807, 2.05) is 11.5 Å². The van der Waals surface area contributed by atoms with Gasteiger partial charge in [0.1, 0.15) is 7.40 Å². The molecule has 0 aliphatic carbocycles. The molecule has 12 heavy (non-hydrogen) atoms. The first-order valence-corrected chi connectivity index (χ1v) is 5.56. The third-order valence-corrected chi connectivity index (χ3v) is 4.38. The van der Waals surface area contributed by atoms with Crippen molar-refractivity contribution in [2.75, 3.05) is 0 Å². The minimum atomic E-state index is 0.0449. The van der Waals surface area contributed by atoms with Gasteiger partial charge in [-0.3, -0.25) is 0 Å². The van der Waals surface area contributed by atoms with Gasteiger partial charge in [0, 0.05) is 6.54 Å². The Kier molecular flexibility index (Phi) is 3.77. The first kappa shape index (κ1) is 10.2. The Morgan fingerprint density at radius 3 is 2.83 bits per heavy atom. The molecule has 1 atom stereocenters. The Labute approximate surface area is 98.4 Å². The maximum Gasteiger partial charge on any atom is 0.132 e. The number of aromatic nitrogens is 2. The van der Waals surface area contributed by atoms with Gasteiger partial charge < -0.3 is 4.57 Å². The lowest BCUT2D eigenvalue weighted by Gasteiger charge is -2.04. The third-order valence-electron chi connectivity index (χ3n) is 1.42. The van der Waals surface area contributed by atoms with Gasteiger partial charge in [0.15, 0.2) is 0 Å². The van der Waals surface area contributed by atoms with Crippen molar-refractivity contribution in [2.24, 2.45) is 5.92 Å². The molecule has 5 heteroatoms. The van der Waals surface area contributed by atoms with Crippen molar-refractivity contribution in [3.8, 4) is 6.07 Å². The van der Waals surface area contributed by atoms with Crippen molar-refractivity contribution >= 4 is 45.2 Å². The topological polar surface area (TPSA) is 41.6 Å². The molecule has 0 spiro atoms. The Morgan fingerprint density at radius 2 is 2.42 bits per heavy atom. The highest BCUT2D eigenvalue weighted by molar-refractivity contribution is 14.1. The Balaban J connectivity index is 2.77. The molecule has 0 saturated heterocycles. The van der Waals surface area contributed by atoms with Crippen LogP contribution in [0, 0.1) is 24.7 Å². The second-order valence-corrected chi connectivity index (χ2v) is 4.55. The van der Waals surface area contributed by atoms with Gasteiger partial charge in [-0.25, -0.2) is 4.98 Å². The molecule has 0 saturated carbocycles. The highest BCUT2D eigenvalue weighted by Crippen LogP contribution is 2.14. The molecule has 0 fully saturated rings. The van der Waals surface area contributed by atoms with E-state index in [0.717, 1.165) is 13.9 Å². The molecular formula is C7H7I2N3. The lowest BCUT2D eigenvalue weighted by atomic mass is 10.2. The number of hydrogen-bond acceptors (Lipinski definition) is 2. The van der Waals surface area contributed by atoms with E-state index in [-0.39, 0.29) is 5.92 Å². The lowest BCUT2D eigenvalue weighted by molar-refractivity contribution is 0.571. The zero-order valence-electron chi connectivity index (χ0n) is 6.46. The minimum Gasteiger partial charge on any atom is -0.324 e. The molecule has 3 nitrogen and oxygen atoms in total. The van der Waals surface area contributed by atoms with E-state index >= 15 is 0 Å². The largest absolute Gasteiger partial charge is 0.324 e. The van der Waals surface area contributed by atoms with Crippen LogP contribution in [-0.2, 0) is 6.54 Å². The summed E-state index contributed by atoms with van der Waals surface area (Å²) in [6.07, 6.45) is 1.78. The second kappa shape index (κ2) is 4.41. The van der Waals surface area contributed by atoms with Gasteiger partial charge in [-0.05, 0) is 52.1 Å².